The highest BCUT2D eigenvalue weighted by molar-refractivity contribution is 6.10. The second-order valence-electron chi connectivity index (χ2n) is 5.93. The van der Waals surface area contributed by atoms with Gasteiger partial charge in [-0.15, -0.1) is 6.42 Å². The Balaban J connectivity index is 2.46. The molecular formula is C20H15F3N4O. The van der Waals surface area contributed by atoms with Gasteiger partial charge in [-0.1, -0.05) is 36.3 Å². The first kappa shape index (κ1) is 19.2. The van der Waals surface area contributed by atoms with Crippen LogP contribution >= 0.6 is 0 Å². The van der Waals surface area contributed by atoms with E-state index >= 15 is 0 Å². The number of halogens is 3. The summed E-state index contributed by atoms with van der Waals surface area (Å²) in [4.78, 5) is 19.7. The first-order valence-electron chi connectivity index (χ1n) is 8.16. The summed E-state index contributed by atoms with van der Waals surface area (Å²) in [7, 11) is 1.50. The minimum absolute atomic E-state index is 0.0433. The molecule has 0 bridgehead atoms. The number of rotatable bonds is 3. The van der Waals surface area contributed by atoms with Gasteiger partial charge >= 0.3 is 6.18 Å². The maximum absolute atomic E-state index is 13.7. The van der Waals surface area contributed by atoms with E-state index in [0.717, 1.165) is 4.52 Å². The Morgan fingerprint density at radius 2 is 2.00 bits per heavy atom. The quantitative estimate of drug-likeness (QED) is 0.552. The number of hydrogen-bond donors (Lipinski definition) is 1. The fraction of sp³-hybridized carbons (Fsp3) is 0.150. The molecule has 3 aromatic rings. The van der Waals surface area contributed by atoms with E-state index in [0.29, 0.717) is 16.8 Å². The average Bonchev–Trinajstić information content (AvgIpc) is 3.03. The number of aliphatic imine (C=N–C) groups is 1. The summed E-state index contributed by atoms with van der Waals surface area (Å²) in [6.07, 6.45) is 3.25. The fourth-order valence-corrected chi connectivity index (χ4v) is 3.01. The molecular weight excluding hydrogens is 369 g/mol. The zero-order valence-corrected chi connectivity index (χ0v) is 15.0. The van der Waals surface area contributed by atoms with E-state index in [4.69, 9.17) is 6.42 Å². The zero-order chi connectivity index (χ0) is 20.5. The number of aromatic amines is 1. The molecule has 0 aliphatic carbocycles. The molecule has 28 heavy (non-hydrogen) atoms. The number of aryl methyl sites for hydroxylation is 1. The molecule has 0 atom stereocenters. The highest BCUT2D eigenvalue weighted by atomic mass is 19.4. The molecule has 0 saturated heterocycles. The molecule has 0 aliphatic heterocycles. The number of nitrogens with zero attached hydrogens (tertiary/aromatic N) is 3. The van der Waals surface area contributed by atoms with Gasteiger partial charge in [-0.3, -0.25) is 9.79 Å². The van der Waals surface area contributed by atoms with Crippen molar-refractivity contribution in [3.8, 4) is 23.5 Å². The number of aromatic nitrogens is 3. The number of allylic oxidation sites excluding steroid dienone is 2. The van der Waals surface area contributed by atoms with Crippen LogP contribution in [-0.4, -0.2) is 27.9 Å². The lowest BCUT2D eigenvalue weighted by atomic mass is 10.0. The van der Waals surface area contributed by atoms with Crippen molar-refractivity contribution < 1.29 is 13.2 Å². The van der Waals surface area contributed by atoms with Gasteiger partial charge in [-0.05, 0) is 18.6 Å². The average molecular weight is 384 g/mol. The number of hydrogen-bond acceptors (Lipinski definition) is 3. The van der Waals surface area contributed by atoms with Crippen LogP contribution in [0.1, 0.15) is 17.0 Å². The third-order valence-corrected chi connectivity index (χ3v) is 4.10. The molecule has 0 radical (unpaired) electrons. The molecule has 1 N–H and O–H groups in total. The minimum atomic E-state index is -4.74. The Kier molecular flexibility index (Phi) is 4.92. The molecule has 0 aliphatic rings. The molecule has 0 spiro atoms. The van der Waals surface area contributed by atoms with Crippen molar-refractivity contribution in [2.45, 2.75) is 13.1 Å². The highest BCUT2D eigenvalue weighted by Gasteiger charge is 2.39. The fourth-order valence-electron chi connectivity index (χ4n) is 3.01. The van der Waals surface area contributed by atoms with Crippen molar-refractivity contribution >= 4 is 17.4 Å². The van der Waals surface area contributed by atoms with Crippen LogP contribution in [0.3, 0.4) is 0 Å². The molecule has 5 nitrogen and oxygen atoms in total. The molecule has 3 rings (SSSR count). The first-order valence-corrected chi connectivity index (χ1v) is 8.16. The number of terminal acetylenes is 1. The standard InChI is InChI=1S/C20H15F3N4O/c1-4-8-14(11-24-3)15-12(2)25-18-16(13-9-6-5-7-10-13)17(20(21,22)23)26-27(18)19(15)28/h1,5-11,25H,2-3H3/b14-8+,24-11-. The summed E-state index contributed by atoms with van der Waals surface area (Å²) in [5.41, 5.74) is -1.05. The van der Waals surface area contributed by atoms with Crippen LogP contribution in [0.4, 0.5) is 13.2 Å². The Hall–Kier alpha value is -3.60. The van der Waals surface area contributed by atoms with Crippen LogP contribution in [0.5, 0.6) is 0 Å². The lowest BCUT2D eigenvalue weighted by Crippen LogP contribution is -2.22. The van der Waals surface area contributed by atoms with E-state index in [2.05, 4.69) is 21.0 Å². The summed E-state index contributed by atoms with van der Waals surface area (Å²) in [6, 6.07) is 7.98. The van der Waals surface area contributed by atoms with Crippen LogP contribution in [0, 0.1) is 19.3 Å². The maximum atomic E-state index is 13.7. The predicted molar refractivity (Wildman–Crippen MR) is 102 cm³/mol. The highest BCUT2D eigenvalue weighted by Crippen LogP contribution is 2.38. The molecule has 8 heteroatoms. The van der Waals surface area contributed by atoms with Crippen molar-refractivity contribution in [3.05, 3.63) is 63.7 Å². The topological polar surface area (TPSA) is 62.5 Å². The van der Waals surface area contributed by atoms with Crippen LogP contribution in [0.25, 0.3) is 22.3 Å². The lowest BCUT2D eigenvalue weighted by Gasteiger charge is -2.08. The van der Waals surface area contributed by atoms with Crippen LogP contribution in [0.2, 0.25) is 0 Å². The van der Waals surface area contributed by atoms with Gasteiger partial charge in [-0.2, -0.15) is 22.8 Å². The van der Waals surface area contributed by atoms with Gasteiger partial charge in [0.25, 0.3) is 5.56 Å². The Morgan fingerprint density at radius 1 is 1.32 bits per heavy atom. The van der Waals surface area contributed by atoms with Gasteiger partial charge in [0.2, 0.25) is 0 Å². The summed E-state index contributed by atoms with van der Waals surface area (Å²) < 4.78 is 41.7. The Bertz CT molecular complexity index is 1190. The first-order chi connectivity index (χ1) is 13.3. The number of alkyl halides is 3. The van der Waals surface area contributed by atoms with Crippen LogP contribution in [0.15, 0.2) is 46.2 Å². The lowest BCUT2D eigenvalue weighted by molar-refractivity contribution is -0.140. The zero-order valence-electron chi connectivity index (χ0n) is 15.0. The van der Waals surface area contributed by atoms with Crippen molar-refractivity contribution in [3.63, 3.8) is 0 Å². The smallest absolute Gasteiger partial charge is 0.343 e. The van der Waals surface area contributed by atoms with Crippen molar-refractivity contribution in [1.82, 2.24) is 14.6 Å². The van der Waals surface area contributed by atoms with E-state index in [1.54, 1.807) is 25.1 Å². The van der Waals surface area contributed by atoms with Gasteiger partial charge in [-0.25, -0.2) is 0 Å². The van der Waals surface area contributed by atoms with Gasteiger partial charge in [0.1, 0.15) is 5.65 Å². The minimum Gasteiger partial charge on any atom is -0.343 e. The molecule has 0 unspecified atom stereocenters. The molecule has 142 valence electrons. The third kappa shape index (κ3) is 3.22. The predicted octanol–water partition coefficient (Wildman–Crippen LogP) is 3.73. The number of benzene rings is 1. The molecule has 2 aromatic heterocycles. The molecule has 2 heterocycles. The third-order valence-electron chi connectivity index (χ3n) is 4.10. The van der Waals surface area contributed by atoms with E-state index < -0.39 is 17.4 Å². The second-order valence-corrected chi connectivity index (χ2v) is 5.93. The number of fused-ring (bicyclic) bond motifs is 1. The summed E-state index contributed by atoms with van der Waals surface area (Å²) in [6.45, 7) is 1.58. The van der Waals surface area contributed by atoms with E-state index in [-0.39, 0.29) is 16.8 Å². The largest absolute Gasteiger partial charge is 0.435 e. The molecule has 1 aromatic carbocycles. The van der Waals surface area contributed by atoms with Crippen molar-refractivity contribution in [2.75, 3.05) is 7.05 Å². The summed E-state index contributed by atoms with van der Waals surface area (Å²) in [5.74, 6) is 2.30. The summed E-state index contributed by atoms with van der Waals surface area (Å²) >= 11 is 0. The van der Waals surface area contributed by atoms with Gasteiger partial charge in [0, 0.05) is 24.5 Å². The maximum Gasteiger partial charge on any atom is 0.435 e. The van der Waals surface area contributed by atoms with Gasteiger partial charge in [0.05, 0.1) is 11.1 Å². The SMILES string of the molecule is C#C/C=C(\C=N/C)c1c(C)[nH]c2c(-c3ccccc3)c(C(F)(F)F)nn2c1=O. The van der Waals surface area contributed by atoms with Crippen molar-refractivity contribution in [1.29, 1.82) is 0 Å². The second kappa shape index (κ2) is 7.19. The number of H-pyrrole nitrogens is 1. The molecule has 0 saturated carbocycles. The van der Waals surface area contributed by atoms with E-state index in [1.807, 2.05) is 0 Å². The molecule has 0 fully saturated rings. The number of nitrogens with one attached hydrogen (secondary N) is 1. The monoisotopic (exact) mass is 384 g/mol. The van der Waals surface area contributed by atoms with E-state index in [1.165, 1.54) is 31.5 Å². The molecule has 0 amide bonds. The van der Waals surface area contributed by atoms with Gasteiger partial charge in [0.15, 0.2) is 5.69 Å². The normalized spacial score (nSPS) is 12.6. The Morgan fingerprint density at radius 3 is 2.57 bits per heavy atom. The van der Waals surface area contributed by atoms with Crippen LogP contribution in [-0.2, 0) is 6.18 Å². The van der Waals surface area contributed by atoms with Crippen LogP contribution < -0.4 is 5.56 Å². The van der Waals surface area contributed by atoms with Gasteiger partial charge < -0.3 is 4.98 Å². The Labute approximate surface area is 158 Å². The van der Waals surface area contributed by atoms with Crippen molar-refractivity contribution in [2.24, 2.45) is 4.99 Å². The van der Waals surface area contributed by atoms with E-state index in [9.17, 15) is 18.0 Å². The summed E-state index contributed by atoms with van der Waals surface area (Å²) in [5, 5.41) is 3.59.